The molecule has 0 saturated carbocycles. The van der Waals surface area contributed by atoms with Gasteiger partial charge in [0.05, 0.1) is 51.8 Å². The number of hydrogen-bond acceptors (Lipinski definition) is 12. The molecule has 6 aliphatic rings. The lowest BCUT2D eigenvalue weighted by Gasteiger charge is -2.20. The van der Waals surface area contributed by atoms with Gasteiger partial charge in [-0.15, -0.1) is 47.0 Å². The minimum atomic E-state index is 0.515. The highest BCUT2D eigenvalue weighted by Gasteiger charge is 2.28. The van der Waals surface area contributed by atoms with Crippen LogP contribution < -0.4 is 9.47 Å². The van der Waals surface area contributed by atoms with Gasteiger partial charge in [0.15, 0.2) is 0 Å². The van der Waals surface area contributed by atoms with Crippen LogP contribution in [0.15, 0.2) is 73.0 Å². The number of thioether (sulfide) groups is 8. The van der Waals surface area contributed by atoms with Gasteiger partial charge < -0.3 is 9.47 Å². The van der Waals surface area contributed by atoms with E-state index in [-0.39, 0.29) is 0 Å². The van der Waals surface area contributed by atoms with Gasteiger partial charge in [0.1, 0.15) is 11.5 Å². The number of allylic oxidation sites excluding steroid dienone is 2. The lowest BCUT2D eigenvalue weighted by Crippen LogP contribution is -2.06. The van der Waals surface area contributed by atoms with Crippen molar-refractivity contribution in [3.05, 3.63) is 95.2 Å². The summed E-state index contributed by atoms with van der Waals surface area (Å²) < 4.78 is 20.0. The molecule has 240 valence electrons. The van der Waals surface area contributed by atoms with Crippen molar-refractivity contribution >= 4 is 94.1 Å². The third-order valence-corrected chi connectivity index (χ3v) is 18.4. The van der Waals surface area contributed by atoms with E-state index in [1.165, 1.54) is 47.7 Å². The summed E-state index contributed by atoms with van der Waals surface area (Å²) >= 11 is 14.6. The van der Waals surface area contributed by atoms with E-state index in [2.05, 4.69) is 61.0 Å². The Hall–Kier alpha value is -1.22. The predicted molar refractivity (Wildman–Crippen MR) is 212 cm³/mol. The van der Waals surface area contributed by atoms with Gasteiger partial charge in [0.2, 0.25) is 0 Å². The molecule has 4 aliphatic carbocycles. The van der Waals surface area contributed by atoms with Crippen molar-refractivity contribution in [2.24, 2.45) is 0 Å². The molecule has 2 aromatic rings. The van der Waals surface area contributed by atoms with Gasteiger partial charge in [-0.1, -0.05) is 71.3 Å². The van der Waals surface area contributed by atoms with E-state index in [4.69, 9.17) is 20.0 Å². The van der Waals surface area contributed by atoms with Crippen LogP contribution in [-0.2, 0) is 25.7 Å². The van der Waals surface area contributed by atoms with Gasteiger partial charge in [-0.05, 0) is 72.6 Å². The number of ether oxygens (including phenoxy) is 2. The summed E-state index contributed by atoms with van der Waals surface area (Å²) in [5.74, 6) is 3.31. The number of benzene rings is 2. The molecule has 0 amide bonds. The van der Waals surface area contributed by atoms with Crippen LogP contribution in [0.2, 0.25) is 0 Å². The molecule has 4 nitrogen and oxygen atoms in total. The zero-order chi connectivity index (χ0) is 32.5. The molecule has 0 spiro atoms. The first-order valence-corrected chi connectivity index (χ1v) is 22.2. The van der Waals surface area contributed by atoms with Crippen LogP contribution in [0.5, 0.6) is 11.5 Å². The summed E-state index contributed by atoms with van der Waals surface area (Å²) in [6.45, 7) is 0. The SMILES string of the molecule is COc1cc2c(OC)cc1CC(=C1SC(SC)=C(SC)S1)Cc1ccc(cc1)CC(=C1SC(SCCC#N)=C(SCCC#N)S1)C2. The molecule has 46 heavy (non-hydrogen) atoms. The van der Waals surface area contributed by atoms with E-state index in [1.807, 2.05) is 70.6 Å². The molecule has 12 heteroatoms. The average Bonchev–Trinajstić information content (AvgIpc) is 3.69. The Balaban J connectivity index is 1.55. The standard InChI is InChI=1S/C34H34N2O2S8/c1-37-27-20-24-18-26(30-45-33(41-13-5-11-35)34(46-30)42-14-6-12-36)16-22-9-7-21(8-10-22)15-25(17-23(27)19-28(24)38-2)29-43-31(39-3)32(40-4)44-29/h7-10,19-20H,5-6,13-18H2,1-4H3. The Kier molecular flexibility index (Phi) is 14.1. The van der Waals surface area contributed by atoms with E-state index in [9.17, 15) is 0 Å². The highest BCUT2D eigenvalue weighted by atomic mass is 32.3. The van der Waals surface area contributed by atoms with Crippen LogP contribution >= 0.6 is 94.1 Å². The zero-order valence-corrected chi connectivity index (χ0v) is 32.6. The van der Waals surface area contributed by atoms with E-state index in [0.29, 0.717) is 12.8 Å². The van der Waals surface area contributed by atoms with E-state index in [1.54, 1.807) is 37.7 Å². The molecule has 2 heterocycles. The molecule has 4 bridgehead atoms. The quantitative estimate of drug-likeness (QED) is 0.217. The van der Waals surface area contributed by atoms with Crippen molar-refractivity contribution in [3.63, 3.8) is 0 Å². The van der Waals surface area contributed by atoms with Crippen molar-refractivity contribution in [2.45, 2.75) is 38.5 Å². The molecule has 0 atom stereocenters. The summed E-state index contributed by atoms with van der Waals surface area (Å²) in [6, 6.07) is 18.1. The van der Waals surface area contributed by atoms with Gasteiger partial charge in [-0.2, -0.15) is 10.5 Å². The van der Waals surface area contributed by atoms with E-state index >= 15 is 0 Å². The Morgan fingerprint density at radius 3 is 1.37 bits per heavy atom. The highest BCUT2D eigenvalue weighted by molar-refractivity contribution is 8.41. The minimum absolute atomic E-state index is 0.515. The first-order chi connectivity index (χ1) is 22.5. The topological polar surface area (TPSA) is 66.0 Å². The number of nitriles is 2. The first kappa shape index (κ1) is 36.1. The summed E-state index contributed by atoms with van der Waals surface area (Å²) in [4.78, 5) is 0. The fourth-order valence-corrected chi connectivity index (χ4v) is 15.9. The van der Waals surface area contributed by atoms with Gasteiger partial charge >= 0.3 is 0 Å². The molecule has 0 fully saturated rings. The van der Waals surface area contributed by atoms with Crippen molar-refractivity contribution in [1.29, 1.82) is 10.5 Å². The average molecular weight is 759 g/mol. The largest absolute Gasteiger partial charge is 0.496 e. The van der Waals surface area contributed by atoms with Gasteiger partial charge in [0, 0.05) is 35.5 Å². The van der Waals surface area contributed by atoms with Crippen molar-refractivity contribution in [3.8, 4) is 23.6 Å². The number of hydrogen-bond donors (Lipinski definition) is 0. The van der Waals surface area contributed by atoms with Gasteiger partial charge in [-0.25, -0.2) is 0 Å². The normalized spacial score (nSPS) is 16.7. The minimum Gasteiger partial charge on any atom is -0.496 e. The fourth-order valence-electron chi connectivity index (χ4n) is 5.08. The second-order valence-electron chi connectivity index (χ2n) is 10.3. The van der Waals surface area contributed by atoms with E-state index < -0.39 is 0 Å². The lowest BCUT2D eigenvalue weighted by molar-refractivity contribution is 0.396. The molecule has 0 radical (unpaired) electrons. The molecule has 0 saturated heterocycles. The van der Waals surface area contributed by atoms with Crippen molar-refractivity contribution < 1.29 is 9.47 Å². The highest BCUT2D eigenvalue weighted by Crippen LogP contribution is 2.60. The van der Waals surface area contributed by atoms with Crippen LogP contribution in [0.25, 0.3) is 0 Å². The molecule has 8 rings (SSSR count). The maximum atomic E-state index is 9.14. The Bertz CT molecular complexity index is 1610. The van der Waals surface area contributed by atoms with Crippen molar-refractivity contribution in [1.82, 2.24) is 0 Å². The fraction of sp³-hybridized carbons (Fsp3) is 0.353. The van der Waals surface area contributed by atoms with Gasteiger partial charge in [-0.3, -0.25) is 0 Å². The Labute approximate surface area is 307 Å². The maximum absolute atomic E-state index is 9.14. The van der Waals surface area contributed by atoms with Crippen LogP contribution in [0, 0.1) is 22.7 Å². The molecule has 2 aromatic carbocycles. The van der Waals surface area contributed by atoms with Crippen LogP contribution in [0.3, 0.4) is 0 Å². The summed E-state index contributed by atoms with van der Waals surface area (Å²) in [5.41, 5.74) is 7.58. The molecule has 0 unspecified atom stereocenters. The third kappa shape index (κ3) is 9.06. The molecule has 0 N–H and O–H groups in total. The third-order valence-electron chi connectivity index (χ3n) is 7.27. The monoisotopic (exact) mass is 758 g/mol. The molecule has 2 aliphatic heterocycles. The van der Waals surface area contributed by atoms with E-state index in [0.717, 1.165) is 59.8 Å². The Morgan fingerprint density at radius 1 is 0.630 bits per heavy atom. The second kappa shape index (κ2) is 18.0. The zero-order valence-electron chi connectivity index (χ0n) is 26.1. The lowest BCUT2D eigenvalue weighted by atomic mass is 9.92. The second-order valence-corrected chi connectivity index (χ2v) is 19.7. The van der Waals surface area contributed by atoms with Crippen LogP contribution in [0.4, 0.5) is 0 Å². The number of rotatable bonds is 10. The summed E-state index contributed by atoms with van der Waals surface area (Å²) in [6.07, 6.45) is 8.58. The molecular formula is C34H34N2O2S8. The first-order valence-electron chi connectivity index (χ1n) is 14.5. The predicted octanol–water partition coefficient (Wildman–Crippen LogP) is 11.2. The van der Waals surface area contributed by atoms with Crippen LogP contribution in [-0.4, -0.2) is 38.2 Å². The smallest absolute Gasteiger partial charge is 0.122 e. The summed E-state index contributed by atoms with van der Waals surface area (Å²) in [7, 11) is 3.53. The molecular weight excluding hydrogens is 725 g/mol. The molecule has 0 aromatic heterocycles. The number of nitrogens with zero attached hydrogens (tertiary/aromatic N) is 2. The van der Waals surface area contributed by atoms with Crippen LogP contribution in [0.1, 0.15) is 35.1 Å². The number of methoxy groups -OCH3 is 2. The maximum Gasteiger partial charge on any atom is 0.122 e. The van der Waals surface area contributed by atoms with Crippen molar-refractivity contribution in [2.75, 3.05) is 38.2 Å². The Morgan fingerprint density at radius 2 is 1.02 bits per heavy atom. The summed E-state index contributed by atoms with van der Waals surface area (Å²) in [5, 5.41) is 18.3. The van der Waals surface area contributed by atoms with Gasteiger partial charge in [0.25, 0.3) is 0 Å².